The Labute approximate surface area is 420 Å². The summed E-state index contributed by atoms with van der Waals surface area (Å²) in [6.45, 7) is 5.09. The van der Waals surface area contributed by atoms with E-state index < -0.39 is 8.07 Å². The summed E-state index contributed by atoms with van der Waals surface area (Å²) in [6, 6.07) is 93.2. The first-order valence-corrected chi connectivity index (χ1v) is 27.9. The van der Waals surface area contributed by atoms with E-state index in [-0.39, 0.29) is 0 Å². The second-order valence-electron chi connectivity index (χ2n) is 19.6. The molecule has 0 atom stereocenters. The van der Waals surface area contributed by atoms with Crippen LogP contribution in [-0.2, 0) is 0 Å². The number of fused-ring (bicyclic) bond motifs is 9. The van der Waals surface area contributed by atoms with Crippen molar-refractivity contribution in [2.24, 2.45) is 0 Å². The molecular formula is C68H48N2OSi. The number of rotatable bonds is 8. The number of hydrogen-bond donors (Lipinski definition) is 0. The van der Waals surface area contributed by atoms with Crippen molar-refractivity contribution in [1.29, 1.82) is 0 Å². The number of hydrogen-bond acceptors (Lipinski definition) is 3. The topological polar surface area (TPSA) is 19.6 Å². The summed E-state index contributed by atoms with van der Waals surface area (Å²) in [5.74, 6) is 0. The van der Waals surface area contributed by atoms with E-state index >= 15 is 0 Å². The second kappa shape index (κ2) is 16.6. The van der Waals surface area contributed by atoms with Gasteiger partial charge in [-0.3, -0.25) is 0 Å². The maximum atomic E-state index is 6.82. The van der Waals surface area contributed by atoms with Gasteiger partial charge in [0.15, 0.2) is 5.58 Å². The largest absolute Gasteiger partial charge is 0.454 e. The molecule has 0 radical (unpaired) electrons. The fourth-order valence-corrected chi connectivity index (χ4v) is 14.9. The molecule has 0 spiro atoms. The van der Waals surface area contributed by atoms with Gasteiger partial charge in [-0.25, -0.2) is 0 Å². The standard InChI is InChI=1S/C68H48N2OSi/c1-72(2)65-35-19-30-56-60-43-58(46-36-38-49(39-37-46)69(47-22-8-4-9-23-47)48-24-10-5-11-25-48)52-27-12-13-28-53(52)59(60)44-61(67(56)65)55-41-40-50(42-66(55)72)70(62-32-16-14-26-51(62)45-20-6-3-7-21-45)63-33-18-31-57-54-29-15-17-34-64(54)71-68(57)63/h3-44H,1-2H3. The molecule has 0 saturated heterocycles. The lowest BCUT2D eigenvalue weighted by Crippen LogP contribution is -2.56. The van der Waals surface area contributed by atoms with Gasteiger partial charge in [-0.1, -0.05) is 189 Å². The third kappa shape index (κ3) is 6.57. The van der Waals surface area contributed by atoms with Crippen LogP contribution in [0.15, 0.2) is 259 Å². The maximum Gasteiger partial charge on any atom is 0.159 e. The second-order valence-corrected chi connectivity index (χ2v) is 23.9. The van der Waals surface area contributed by atoms with Gasteiger partial charge >= 0.3 is 0 Å². The fraction of sp³-hybridized carbons (Fsp3) is 0.0294. The molecule has 0 unspecified atom stereocenters. The molecule has 4 heteroatoms. The first-order chi connectivity index (χ1) is 35.5. The highest BCUT2D eigenvalue weighted by Gasteiger charge is 2.37. The van der Waals surface area contributed by atoms with Crippen molar-refractivity contribution in [1.82, 2.24) is 0 Å². The molecule has 3 nitrogen and oxygen atoms in total. The molecule has 13 aromatic rings. The molecule has 2 heterocycles. The molecule has 1 aromatic heterocycles. The van der Waals surface area contributed by atoms with E-state index in [1.165, 1.54) is 70.5 Å². The summed E-state index contributed by atoms with van der Waals surface area (Å²) in [5, 5.41) is 12.9. The fourth-order valence-electron chi connectivity index (χ4n) is 11.8. The van der Waals surface area contributed by atoms with Gasteiger partial charge in [0.05, 0.1) is 11.4 Å². The zero-order chi connectivity index (χ0) is 47.9. The highest BCUT2D eigenvalue weighted by atomic mass is 28.3. The Morgan fingerprint density at radius 2 is 0.847 bits per heavy atom. The van der Waals surface area contributed by atoms with Gasteiger partial charge in [-0.2, -0.15) is 0 Å². The minimum atomic E-state index is -2.35. The predicted octanol–water partition coefficient (Wildman–Crippen LogP) is 18.1. The Morgan fingerprint density at radius 3 is 1.61 bits per heavy atom. The molecule has 0 aliphatic carbocycles. The van der Waals surface area contributed by atoms with Gasteiger partial charge in [0, 0.05) is 39.1 Å². The Bertz CT molecular complexity index is 4200. The lowest BCUT2D eigenvalue weighted by molar-refractivity contribution is 0.669. The van der Waals surface area contributed by atoms with Gasteiger partial charge in [0.1, 0.15) is 13.7 Å². The lowest BCUT2D eigenvalue weighted by Gasteiger charge is -2.36. The van der Waals surface area contributed by atoms with E-state index in [1.54, 1.807) is 0 Å². The Morgan fingerprint density at radius 1 is 0.306 bits per heavy atom. The number of furan rings is 1. The highest BCUT2D eigenvalue weighted by molar-refractivity contribution is 7.03. The predicted molar refractivity (Wildman–Crippen MR) is 309 cm³/mol. The van der Waals surface area contributed by atoms with Gasteiger partial charge in [0.25, 0.3) is 0 Å². The molecule has 1 aliphatic rings. The number of nitrogens with zero attached hydrogens (tertiary/aromatic N) is 2. The summed E-state index contributed by atoms with van der Waals surface area (Å²) in [7, 11) is -2.35. The minimum absolute atomic E-state index is 0.876. The number of anilines is 6. The molecule has 1 aliphatic heterocycles. The summed E-state index contributed by atoms with van der Waals surface area (Å²) in [6.07, 6.45) is 0. The van der Waals surface area contributed by atoms with Crippen LogP contribution >= 0.6 is 0 Å². The summed E-state index contributed by atoms with van der Waals surface area (Å²) >= 11 is 0. The van der Waals surface area contributed by atoms with E-state index in [1.807, 2.05) is 0 Å². The maximum absolute atomic E-state index is 6.82. The van der Waals surface area contributed by atoms with Crippen molar-refractivity contribution >= 4 is 107 Å². The Hall–Kier alpha value is -8.96. The van der Waals surface area contributed by atoms with E-state index in [2.05, 4.69) is 278 Å². The van der Waals surface area contributed by atoms with Crippen molar-refractivity contribution in [3.8, 4) is 33.4 Å². The van der Waals surface area contributed by atoms with Crippen LogP contribution in [0.25, 0.3) is 87.6 Å². The average Bonchev–Trinajstić information content (AvgIpc) is 3.83. The van der Waals surface area contributed by atoms with Gasteiger partial charge < -0.3 is 14.2 Å². The van der Waals surface area contributed by atoms with Crippen molar-refractivity contribution in [2.45, 2.75) is 13.1 Å². The Balaban J connectivity index is 0.952. The summed E-state index contributed by atoms with van der Waals surface area (Å²) in [4.78, 5) is 4.77. The highest BCUT2D eigenvalue weighted by Crippen LogP contribution is 2.48. The lowest BCUT2D eigenvalue weighted by atomic mass is 9.87. The smallest absolute Gasteiger partial charge is 0.159 e. The van der Waals surface area contributed by atoms with Gasteiger partial charge in [-0.15, -0.1) is 0 Å². The van der Waals surface area contributed by atoms with E-state index in [9.17, 15) is 0 Å². The zero-order valence-electron chi connectivity index (χ0n) is 40.1. The van der Waals surface area contributed by atoms with E-state index in [4.69, 9.17) is 4.42 Å². The monoisotopic (exact) mass is 936 g/mol. The van der Waals surface area contributed by atoms with Crippen LogP contribution < -0.4 is 20.2 Å². The van der Waals surface area contributed by atoms with E-state index in [0.29, 0.717) is 0 Å². The van der Waals surface area contributed by atoms with Crippen molar-refractivity contribution < 1.29 is 4.42 Å². The average molecular weight is 937 g/mol. The van der Waals surface area contributed by atoms with Crippen LogP contribution in [0.4, 0.5) is 34.1 Å². The van der Waals surface area contributed by atoms with Crippen LogP contribution in [0, 0.1) is 0 Å². The van der Waals surface area contributed by atoms with Gasteiger partial charge in [0.2, 0.25) is 0 Å². The quantitative estimate of drug-likeness (QED) is 0.112. The first kappa shape index (κ1) is 42.0. The number of benzene rings is 12. The van der Waals surface area contributed by atoms with Crippen molar-refractivity contribution in [2.75, 3.05) is 9.80 Å². The molecule has 72 heavy (non-hydrogen) atoms. The third-order valence-corrected chi connectivity index (χ3v) is 18.7. The van der Waals surface area contributed by atoms with E-state index in [0.717, 1.165) is 61.6 Å². The summed E-state index contributed by atoms with van der Waals surface area (Å²) in [5.41, 5.74) is 15.7. The van der Waals surface area contributed by atoms with Crippen LogP contribution in [-0.4, -0.2) is 8.07 Å². The molecule has 0 amide bonds. The van der Waals surface area contributed by atoms with Crippen LogP contribution in [0.2, 0.25) is 13.1 Å². The molecule has 0 saturated carbocycles. The molecule has 0 bridgehead atoms. The molecule has 0 N–H and O–H groups in total. The number of para-hydroxylation sites is 5. The molecule has 14 rings (SSSR count). The third-order valence-electron chi connectivity index (χ3n) is 15.2. The molecule has 340 valence electrons. The van der Waals surface area contributed by atoms with Gasteiger partial charge in [-0.05, 0) is 149 Å². The van der Waals surface area contributed by atoms with Crippen molar-refractivity contribution in [3.63, 3.8) is 0 Å². The normalized spacial score (nSPS) is 12.7. The SMILES string of the molecule is C[Si]1(C)c2cc(N(c3ccccc3-c3ccccc3)c3cccc4c3oc3ccccc34)ccc2-c2cc3c4ccccc4c(-c4ccc(N(c5ccccc5)c5ccccc5)cc4)cc3c3cccc1c23. The summed E-state index contributed by atoms with van der Waals surface area (Å²) < 4.78 is 6.82. The zero-order valence-corrected chi connectivity index (χ0v) is 41.1. The van der Waals surface area contributed by atoms with Crippen LogP contribution in [0.3, 0.4) is 0 Å². The molecule has 12 aromatic carbocycles. The first-order valence-electron chi connectivity index (χ1n) is 24.9. The molecule has 0 fully saturated rings. The van der Waals surface area contributed by atoms with Crippen LogP contribution in [0.1, 0.15) is 0 Å². The van der Waals surface area contributed by atoms with Crippen LogP contribution in [0.5, 0.6) is 0 Å². The Kier molecular flexibility index (Phi) is 9.67. The van der Waals surface area contributed by atoms with Crippen molar-refractivity contribution in [3.05, 3.63) is 255 Å². The molecular weight excluding hydrogens is 889 g/mol. The minimum Gasteiger partial charge on any atom is -0.454 e.